The van der Waals surface area contributed by atoms with E-state index in [0.717, 1.165) is 23.2 Å². The van der Waals surface area contributed by atoms with Crippen LogP contribution in [0.15, 0.2) is 12.4 Å². The lowest BCUT2D eigenvalue weighted by molar-refractivity contribution is 0.166. The van der Waals surface area contributed by atoms with E-state index in [4.69, 9.17) is 11.6 Å². The molecule has 1 unspecified atom stereocenters. The fourth-order valence-corrected chi connectivity index (χ4v) is 2.58. The summed E-state index contributed by atoms with van der Waals surface area (Å²) < 4.78 is 3.39. The molecule has 6 heteroatoms. The summed E-state index contributed by atoms with van der Waals surface area (Å²) in [5.41, 5.74) is 2.74. The first-order valence-corrected chi connectivity index (χ1v) is 7.15. The van der Waals surface area contributed by atoms with Crippen LogP contribution in [0.5, 0.6) is 0 Å². The second-order valence-electron chi connectivity index (χ2n) is 5.44. The molecule has 2 heterocycles. The average Bonchev–Trinajstić information content (AvgIpc) is 2.92. The third-order valence-corrected chi connectivity index (χ3v) is 3.83. The molecular weight excluding hydrogens is 276 g/mol. The Hall–Kier alpha value is -1.33. The highest BCUT2D eigenvalue weighted by Crippen LogP contribution is 2.32. The maximum atomic E-state index is 10.4. The lowest BCUT2D eigenvalue weighted by Crippen LogP contribution is -2.04. The summed E-state index contributed by atoms with van der Waals surface area (Å²) in [6, 6.07) is 0. The van der Waals surface area contributed by atoms with Crippen LogP contribution in [0.1, 0.15) is 49.1 Å². The molecule has 20 heavy (non-hydrogen) atoms. The molecule has 0 amide bonds. The van der Waals surface area contributed by atoms with Gasteiger partial charge in [0.25, 0.3) is 0 Å². The number of aromatic nitrogens is 4. The molecule has 0 saturated heterocycles. The molecule has 1 atom stereocenters. The molecular formula is C14H21ClN4O. The number of rotatable bonds is 5. The minimum absolute atomic E-state index is 0.233. The Balaban J connectivity index is 2.14. The lowest BCUT2D eigenvalue weighted by atomic mass is 9.98. The normalized spacial score (nSPS) is 13.2. The molecule has 0 bridgehead atoms. The van der Waals surface area contributed by atoms with Crippen LogP contribution in [0.4, 0.5) is 0 Å². The Labute approximate surface area is 124 Å². The van der Waals surface area contributed by atoms with Crippen molar-refractivity contribution in [3.63, 3.8) is 0 Å². The van der Waals surface area contributed by atoms with Crippen molar-refractivity contribution in [3.8, 4) is 0 Å². The molecule has 0 aromatic carbocycles. The quantitative estimate of drug-likeness (QED) is 0.923. The zero-order valence-corrected chi connectivity index (χ0v) is 13.1. The molecule has 0 aliphatic carbocycles. The Morgan fingerprint density at radius 1 is 1.35 bits per heavy atom. The second-order valence-corrected chi connectivity index (χ2v) is 5.80. The summed E-state index contributed by atoms with van der Waals surface area (Å²) in [6.45, 7) is 4.10. The number of aryl methyl sites for hydroxylation is 3. The molecule has 110 valence electrons. The summed E-state index contributed by atoms with van der Waals surface area (Å²) in [4.78, 5) is 0. The van der Waals surface area contributed by atoms with E-state index in [1.807, 2.05) is 19.4 Å². The predicted molar refractivity (Wildman–Crippen MR) is 78.8 cm³/mol. The van der Waals surface area contributed by atoms with E-state index in [1.165, 1.54) is 0 Å². The van der Waals surface area contributed by atoms with Gasteiger partial charge in [0, 0.05) is 25.9 Å². The summed E-state index contributed by atoms with van der Waals surface area (Å²) in [7, 11) is 3.68. The number of halogens is 1. The van der Waals surface area contributed by atoms with Crippen LogP contribution < -0.4 is 0 Å². The molecule has 0 fully saturated rings. The van der Waals surface area contributed by atoms with Crippen molar-refractivity contribution in [1.29, 1.82) is 0 Å². The van der Waals surface area contributed by atoms with E-state index in [9.17, 15) is 5.11 Å². The predicted octanol–water partition coefficient (Wildman–Crippen LogP) is 2.60. The van der Waals surface area contributed by atoms with Gasteiger partial charge in [0.1, 0.15) is 5.15 Å². The van der Waals surface area contributed by atoms with Crippen LogP contribution in [0.2, 0.25) is 5.15 Å². The minimum atomic E-state index is -0.603. The van der Waals surface area contributed by atoms with Gasteiger partial charge in [0.15, 0.2) is 0 Å². The van der Waals surface area contributed by atoms with Crippen LogP contribution in [0.25, 0.3) is 0 Å². The van der Waals surface area contributed by atoms with Gasteiger partial charge < -0.3 is 5.11 Å². The summed E-state index contributed by atoms with van der Waals surface area (Å²) in [6.07, 6.45) is 4.55. The Morgan fingerprint density at radius 2 is 2.05 bits per heavy atom. The van der Waals surface area contributed by atoms with E-state index >= 15 is 0 Å². The van der Waals surface area contributed by atoms with Crippen LogP contribution in [-0.4, -0.2) is 24.7 Å². The summed E-state index contributed by atoms with van der Waals surface area (Å²) in [5.74, 6) is 0.233. The zero-order valence-electron chi connectivity index (χ0n) is 12.3. The van der Waals surface area contributed by atoms with Crippen LogP contribution in [-0.2, 0) is 20.5 Å². The van der Waals surface area contributed by atoms with Gasteiger partial charge in [-0.05, 0) is 24.3 Å². The van der Waals surface area contributed by atoms with Gasteiger partial charge in [0.05, 0.1) is 18.0 Å². The Kier molecular flexibility index (Phi) is 4.50. The average molecular weight is 297 g/mol. The van der Waals surface area contributed by atoms with Gasteiger partial charge in [-0.15, -0.1) is 0 Å². The number of aliphatic hydroxyl groups excluding tert-OH is 1. The summed E-state index contributed by atoms with van der Waals surface area (Å²) >= 11 is 6.26. The molecule has 2 aromatic rings. The Bertz CT molecular complexity index is 588. The van der Waals surface area contributed by atoms with Gasteiger partial charge in [-0.3, -0.25) is 9.36 Å². The van der Waals surface area contributed by atoms with E-state index in [0.29, 0.717) is 11.6 Å². The van der Waals surface area contributed by atoms with Crippen molar-refractivity contribution in [2.45, 2.75) is 38.7 Å². The third kappa shape index (κ3) is 3.04. The molecule has 2 aromatic heterocycles. The van der Waals surface area contributed by atoms with Crippen molar-refractivity contribution in [2.24, 2.45) is 14.1 Å². The molecule has 5 nitrogen and oxygen atoms in total. The molecule has 0 spiro atoms. The number of hydrogen-bond donors (Lipinski definition) is 1. The largest absolute Gasteiger partial charge is 0.388 e. The first kappa shape index (κ1) is 15.1. The molecule has 0 aliphatic rings. The van der Waals surface area contributed by atoms with Gasteiger partial charge >= 0.3 is 0 Å². The van der Waals surface area contributed by atoms with Crippen molar-refractivity contribution < 1.29 is 5.11 Å². The van der Waals surface area contributed by atoms with Crippen molar-refractivity contribution in [3.05, 3.63) is 34.4 Å². The molecule has 1 N–H and O–H groups in total. The molecule has 2 rings (SSSR count). The van der Waals surface area contributed by atoms with Crippen LogP contribution >= 0.6 is 11.6 Å². The van der Waals surface area contributed by atoms with Gasteiger partial charge in [-0.25, -0.2) is 0 Å². The topological polar surface area (TPSA) is 55.9 Å². The molecule has 0 radical (unpaired) electrons. The highest BCUT2D eigenvalue weighted by molar-refractivity contribution is 6.30. The number of nitrogens with zero attached hydrogens (tertiary/aromatic N) is 4. The lowest BCUT2D eigenvalue weighted by Gasteiger charge is -2.12. The standard InChI is InChI=1S/C14H21ClN4O/c1-9(2)13-12(14(15)19(4)17-13)11(20)6-5-10-7-16-18(3)8-10/h7-9,11,20H,5-6H2,1-4H3. The fraction of sp³-hybridized carbons (Fsp3) is 0.571. The molecule has 0 aliphatic heterocycles. The van der Waals surface area contributed by atoms with Gasteiger partial charge in [-0.2, -0.15) is 10.2 Å². The van der Waals surface area contributed by atoms with Gasteiger partial charge in [0.2, 0.25) is 0 Å². The maximum absolute atomic E-state index is 10.4. The monoisotopic (exact) mass is 296 g/mol. The van der Waals surface area contributed by atoms with E-state index < -0.39 is 6.10 Å². The number of aliphatic hydroxyl groups is 1. The first-order valence-electron chi connectivity index (χ1n) is 6.78. The van der Waals surface area contributed by atoms with E-state index in [2.05, 4.69) is 24.0 Å². The van der Waals surface area contributed by atoms with Crippen molar-refractivity contribution >= 4 is 11.6 Å². The maximum Gasteiger partial charge on any atom is 0.132 e. The number of hydrogen-bond acceptors (Lipinski definition) is 3. The SMILES string of the molecule is CC(C)c1nn(C)c(Cl)c1C(O)CCc1cnn(C)c1. The van der Waals surface area contributed by atoms with Crippen LogP contribution in [0, 0.1) is 0 Å². The van der Waals surface area contributed by atoms with E-state index in [1.54, 1.807) is 16.4 Å². The highest BCUT2D eigenvalue weighted by Gasteiger charge is 2.23. The smallest absolute Gasteiger partial charge is 0.132 e. The Morgan fingerprint density at radius 3 is 2.60 bits per heavy atom. The minimum Gasteiger partial charge on any atom is -0.388 e. The van der Waals surface area contributed by atoms with Crippen molar-refractivity contribution in [2.75, 3.05) is 0 Å². The van der Waals surface area contributed by atoms with Crippen LogP contribution in [0.3, 0.4) is 0 Å². The van der Waals surface area contributed by atoms with Gasteiger partial charge in [-0.1, -0.05) is 25.4 Å². The molecule has 0 saturated carbocycles. The first-order chi connectivity index (χ1) is 9.40. The third-order valence-electron chi connectivity index (χ3n) is 3.38. The van der Waals surface area contributed by atoms with E-state index in [-0.39, 0.29) is 5.92 Å². The van der Waals surface area contributed by atoms with Crippen molar-refractivity contribution in [1.82, 2.24) is 19.6 Å². The second kappa shape index (κ2) is 5.97. The fourth-order valence-electron chi connectivity index (χ4n) is 2.32. The highest BCUT2D eigenvalue weighted by atomic mass is 35.5. The summed E-state index contributed by atoms with van der Waals surface area (Å²) in [5, 5.41) is 19.5. The zero-order chi connectivity index (χ0) is 14.9.